The normalized spacial score (nSPS) is 10.5. The minimum Gasteiger partial charge on any atom is -2.00 e. The van der Waals surface area contributed by atoms with Crippen LogP contribution < -0.4 is 5.43 Å². The predicted molar refractivity (Wildman–Crippen MR) is 61.7 cm³/mol. The average Bonchev–Trinajstić information content (AvgIpc) is 2.26. The van der Waals surface area contributed by atoms with Gasteiger partial charge < -0.3 is 23.6 Å². The van der Waals surface area contributed by atoms with E-state index in [2.05, 4.69) is 20.5 Å². The maximum absolute atomic E-state index is 4.82. The van der Waals surface area contributed by atoms with Crippen molar-refractivity contribution in [3.05, 3.63) is 30.1 Å². The molecule has 6 nitrogen and oxygen atoms in total. The summed E-state index contributed by atoms with van der Waals surface area (Å²) in [6, 6.07) is 5.65. The number of nitrogens with one attached hydrogen (secondary N) is 1. The van der Waals surface area contributed by atoms with Gasteiger partial charge in [-0.3, -0.25) is 15.4 Å². The molecule has 95 valence electrons. The summed E-state index contributed by atoms with van der Waals surface area (Å²) in [6.45, 7) is 1.85. The number of nitrogens with zero attached hydrogens (tertiary/aromatic N) is 3. The van der Waals surface area contributed by atoms with Crippen LogP contribution >= 0.6 is 0 Å². The van der Waals surface area contributed by atoms with E-state index in [-0.39, 0.29) is 29.5 Å². The predicted octanol–water partition coefficient (Wildman–Crippen LogP) is 0.688. The Balaban J connectivity index is -0.000000653. The molecule has 0 saturated carbocycles. The molecule has 8 heteroatoms. The van der Waals surface area contributed by atoms with Gasteiger partial charge in [0.25, 0.3) is 0 Å². The van der Waals surface area contributed by atoms with Gasteiger partial charge in [-0.05, 0) is 24.2 Å². The number of aromatic nitrogens is 1. The smallest absolute Gasteiger partial charge is 0.0859 e. The molecule has 0 bridgehead atoms. The molecular weight excluding hydrogens is 279 g/mol. The molecule has 1 aromatic rings. The topological polar surface area (TPSA) is 107 Å². The Morgan fingerprint density at radius 1 is 1.35 bits per heavy atom. The number of hydrazone groups is 1. The zero-order valence-electron chi connectivity index (χ0n) is 9.32. The van der Waals surface area contributed by atoms with E-state index in [1.807, 2.05) is 25.1 Å². The molecule has 0 saturated heterocycles. The number of hydrogen-bond acceptors (Lipinski definition) is 4. The Labute approximate surface area is 118 Å². The third-order valence-corrected chi connectivity index (χ3v) is 1.83. The van der Waals surface area contributed by atoms with E-state index in [1.54, 1.807) is 13.2 Å². The van der Waals surface area contributed by atoms with E-state index in [1.165, 1.54) is 0 Å². The van der Waals surface area contributed by atoms with Crippen molar-refractivity contribution >= 4 is 23.5 Å². The number of amidine groups is 1. The second-order valence-corrected chi connectivity index (χ2v) is 2.94. The second kappa shape index (κ2) is 11.5. The second-order valence-electron chi connectivity index (χ2n) is 2.55. The monoisotopic (exact) mass is 290 g/mol. The molecule has 1 radical (unpaired) electrons. The molecule has 0 aliphatic heterocycles. The van der Waals surface area contributed by atoms with Crippen LogP contribution in [-0.4, -0.2) is 22.9 Å². The molecule has 1 aromatic heterocycles. The van der Waals surface area contributed by atoms with Gasteiger partial charge in [-0.1, -0.05) is 6.07 Å². The van der Waals surface area contributed by atoms with Gasteiger partial charge in [0.15, 0.2) is 0 Å². The van der Waals surface area contributed by atoms with Crippen LogP contribution in [0, 0.1) is 0 Å². The Bertz CT molecular complexity index is 359. The van der Waals surface area contributed by atoms with Crippen molar-refractivity contribution in [3.63, 3.8) is 0 Å². The van der Waals surface area contributed by atoms with Crippen LogP contribution in [0.15, 0.2) is 34.5 Å². The molecule has 0 atom stereocenters. The average molecular weight is 290 g/mol. The van der Waals surface area contributed by atoms with E-state index < -0.39 is 0 Å². The largest absolute Gasteiger partial charge is 2.00 e. The molecule has 1 heterocycles. The molecular formula is C9H11N4O2SV-5. The first-order chi connectivity index (χ1) is 6.74. The van der Waals surface area contributed by atoms with E-state index >= 15 is 0 Å². The summed E-state index contributed by atoms with van der Waals surface area (Å²) < 4.78 is 0. The molecule has 0 aliphatic rings. The van der Waals surface area contributed by atoms with Crippen molar-refractivity contribution < 1.29 is 29.5 Å². The van der Waals surface area contributed by atoms with Crippen LogP contribution in [0.3, 0.4) is 0 Å². The van der Waals surface area contributed by atoms with Crippen LogP contribution in [-0.2, 0) is 42.1 Å². The molecule has 1 N–H and O–H groups in total. The van der Waals surface area contributed by atoms with Crippen LogP contribution in [0.1, 0.15) is 12.6 Å². The minimum atomic E-state index is 0. The molecule has 0 unspecified atom stereocenters. The Kier molecular flexibility index (Phi) is 14.4. The van der Waals surface area contributed by atoms with Gasteiger partial charge in [0.05, 0.1) is 11.4 Å². The molecule has 1 rings (SSSR count). The van der Waals surface area contributed by atoms with Crippen molar-refractivity contribution in [2.24, 2.45) is 10.1 Å². The Morgan fingerprint density at radius 2 is 2.00 bits per heavy atom. The number of pyridine rings is 1. The zero-order chi connectivity index (χ0) is 10.4. The van der Waals surface area contributed by atoms with Gasteiger partial charge in [0.1, 0.15) is 0 Å². The minimum absolute atomic E-state index is 0. The maximum atomic E-state index is 4.82. The quantitative estimate of drug-likeness (QED) is 0.374. The molecule has 0 spiro atoms. The Hall–Kier alpha value is -0.986. The molecule has 0 aromatic carbocycles. The summed E-state index contributed by atoms with van der Waals surface area (Å²) in [5.41, 5.74) is 4.24. The SMILES string of the molecule is CN=C([S-])N/N=C(\C)c1ccccn1.[O-2].[O-2].[V]. The summed E-state index contributed by atoms with van der Waals surface area (Å²) in [5, 5.41) is 4.40. The van der Waals surface area contributed by atoms with E-state index in [0.29, 0.717) is 5.17 Å². The fourth-order valence-corrected chi connectivity index (χ4v) is 0.861. The number of aliphatic imine (C=N–C) groups is 1. The van der Waals surface area contributed by atoms with Crippen molar-refractivity contribution in [2.45, 2.75) is 6.92 Å². The van der Waals surface area contributed by atoms with Crippen LogP contribution in [0.25, 0.3) is 0 Å². The van der Waals surface area contributed by atoms with Crippen LogP contribution in [0.4, 0.5) is 0 Å². The van der Waals surface area contributed by atoms with Gasteiger partial charge in [-0.25, -0.2) is 0 Å². The van der Waals surface area contributed by atoms with Gasteiger partial charge in [0.2, 0.25) is 0 Å². The molecule has 0 aliphatic carbocycles. The van der Waals surface area contributed by atoms with Gasteiger partial charge in [-0.2, -0.15) is 5.10 Å². The maximum Gasteiger partial charge on any atom is 0.0859 e. The number of rotatable bonds is 2. The van der Waals surface area contributed by atoms with E-state index in [4.69, 9.17) is 12.6 Å². The van der Waals surface area contributed by atoms with Crippen LogP contribution in [0.5, 0.6) is 0 Å². The summed E-state index contributed by atoms with van der Waals surface area (Å²) in [6.07, 6.45) is 1.72. The zero-order valence-corrected chi connectivity index (χ0v) is 11.5. The van der Waals surface area contributed by atoms with Gasteiger partial charge in [0, 0.05) is 31.8 Å². The molecule has 0 amide bonds. The van der Waals surface area contributed by atoms with Gasteiger partial charge in [-0.15, -0.1) is 0 Å². The van der Waals surface area contributed by atoms with Crippen molar-refractivity contribution in [1.29, 1.82) is 0 Å². The summed E-state index contributed by atoms with van der Waals surface area (Å²) in [7, 11) is 1.61. The summed E-state index contributed by atoms with van der Waals surface area (Å²) in [4.78, 5) is 7.88. The molecule has 0 fully saturated rings. The summed E-state index contributed by atoms with van der Waals surface area (Å²) >= 11 is 4.82. The standard InChI is InChI=1S/C9H12N4S.2O.V/c1-7(12-13-9(14)10-2)8-5-3-4-6-11-8;;;/h3-6H,1-2H3,(H2,10,13,14);;;/q;2*-2;/p-1/b12-7+;;;. The van der Waals surface area contributed by atoms with Gasteiger partial charge >= 0.3 is 0 Å². The summed E-state index contributed by atoms with van der Waals surface area (Å²) in [5.74, 6) is 0. The van der Waals surface area contributed by atoms with E-state index in [9.17, 15) is 0 Å². The van der Waals surface area contributed by atoms with E-state index in [0.717, 1.165) is 11.4 Å². The van der Waals surface area contributed by atoms with Crippen molar-refractivity contribution in [2.75, 3.05) is 7.05 Å². The van der Waals surface area contributed by atoms with Crippen molar-refractivity contribution in [3.8, 4) is 0 Å². The molecule has 17 heavy (non-hydrogen) atoms. The van der Waals surface area contributed by atoms with Crippen molar-refractivity contribution in [1.82, 2.24) is 10.4 Å². The first-order valence-corrected chi connectivity index (χ1v) is 4.50. The van der Waals surface area contributed by atoms with Crippen LogP contribution in [0.2, 0.25) is 0 Å². The Morgan fingerprint density at radius 3 is 2.47 bits per heavy atom. The third kappa shape index (κ3) is 7.84. The third-order valence-electron chi connectivity index (χ3n) is 1.56. The number of hydrogen-bond donors (Lipinski definition) is 1. The fraction of sp³-hybridized carbons (Fsp3) is 0.222. The fourth-order valence-electron chi connectivity index (χ4n) is 0.816. The first kappa shape index (κ1) is 21.3. The first-order valence-electron chi connectivity index (χ1n) is 4.09.